The molecule has 0 unspecified atom stereocenters. The van der Waals surface area contributed by atoms with Gasteiger partial charge in [0, 0.05) is 62.0 Å². The van der Waals surface area contributed by atoms with Gasteiger partial charge in [0.2, 0.25) is 0 Å². The quantitative estimate of drug-likeness (QED) is 0.129. The molecular formula is C52H40Cl2Mn2N10O12. The van der Waals surface area contributed by atoms with Gasteiger partial charge in [-0.2, -0.15) is 0 Å². The first-order valence-corrected chi connectivity index (χ1v) is 23.7. The normalized spacial score (nSPS) is 9.54. The fraction of sp³-hybridized carbons (Fsp3) is 0. The largest absolute Gasteiger partial charge is 2.00 e. The summed E-state index contributed by atoms with van der Waals surface area (Å²) in [5.74, 6) is -4.37. The predicted molar refractivity (Wildman–Crippen MR) is 247 cm³/mol. The SMILES string of the molecule is O=C([O-])C(=O)[O-].[Mn+2].[Mn+2].[O-][Cl+3]([O-])([O-])[O-].[O-][Cl+3]([O-])([O-])[O-].c1ccc(-c2ccccn2)nc1.c1ccc(-c2ccccn2)nc1.c1ccc(-c2ccccn2)nc1.c1ccc(-c2ccccn2)nc1.c1ccc(-c2ccccn2)nc1. The van der Waals surface area contributed by atoms with Gasteiger partial charge >= 0.3 is 34.1 Å². The molecule has 0 saturated carbocycles. The van der Waals surface area contributed by atoms with Gasteiger partial charge in [0.15, 0.2) is 0 Å². The molecule has 78 heavy (non-hydrogen) atoms. The summed E-state index contributed by atoms with van der Waals surface area (Å²) in [4.78, 5) is 59.7. The van der Waals surface area contributed by atoms with Crippen LogP contribution in [0.4, 0.5) is 0 Å². The second-order valence-electron chi connectivity index (χ2n) is 13.5. The first-order valence-electron chi connectivity index (χ1n) is 21.3. The van der Waals surface area contributed by atoms with Crippen molar-refractivity contribution < 1.29 is 112 Å². The third-order valence-corrected chi connectivity index (χ3v) is 8.13. The van der Waals surface area contributed by atoms with Crippen molar-refractivity contribution in [1.29, 1.82) is 0 Å². The fourth-order valence-electron chi connectivity index (χ4n) is 5.14. The molecule has 10 aromatic rings. The number of rotatable bonds is 5. The number of nitrogens with zero attached hydrogens (tertiary/aromatic N) is 10. The smallest absolute Gasteiger partial charge is 0.543 e. The van der Waals surface area contributed by atoms with Crippen LogP contribution in [0.15, 0.2) is 244 Å². The molecular weight excluding hydrogens is 1140 g/mol. The van der Waals surface area contributed by atoms with E-state index in [0.29, 0.717) is 0 Å². The van der Waals surface area contributed by atoms with Crippen LogP contribution in [-0.4, -0.2) is 61.8 Å². The summed E-state index contributed by atoms with van der Waals surface area (Å²) < 4.78 is 67.9. The van der Waals surface area contributed by atoms with E-state index in [-0.39, 0.29) is 34.1 Å². The zero-order chi connectivity index (χ0) is 55.3. The van der Waals surface area contributed by atoms with Gasteiger partial charge in [-0.15, -0.1) is 20.5 Å². The standard InChI is InChI=1S/5C10H8N2.C2H2O4.2ClHO4.2Mn/c5*1-3-7-11-9(5-1)10-6-2-4-8-12-10;3-1(4)2(5)6;2*2-1(3,4)5;;/h5*1-8H;(H,3,4)(H,5,6);2*(H,2,3,4,5);;/q;;;;;;;;2*+2/p-4. The van der Waals surface area contributed by atoms with Crippen molar-refractivity contribution in [3.8, 4) is 56.9 Å². The summed E-state index contributed by atoms with van der Waals surface area (Å²) in [6.45, 7) is 0. The van der Waals surface area contributed by atoms with Crippen molar-refractivity contribution in [2.45, 2.75) is 0 Å². The minimum Gasteiger partial charge on any atom is -0.543 e. The number of hydrogen-bond acceptors (Lipinski definition) is 22. The topological polar surface area (TPSA) is 394 Å². The molecule has 10 aromatic heterocycles. The molecule has 0 aliphatic carbocycles. The molecule has 22 nitrogen and oxygen atoms in total. The molecule has 0 atom stereocenters. The van der Waals surface area contributed by atoms with Crippen LogP contribution in [0, 0.1) is 20.5 Å². The van der Waals surface area contributed by atoms with E-state index in [1.54, 1.807) is 62.0 Å². The molecule has 0 aromatic carbocycles. The van der Waals surface area contributed by atoms with E-state index >= 15 is 0 Å². The maximum absolute atomic E-state index is 8.93. The average molecular weight is 1180 g/mol. The molecule has 0 spiro atoms. The van der Waals surface area contributed by atoms with Crippen molar-refractivity contribution in [3.63, 3.8) is 0 Å². The van der Waals surface area contributed by atoms with Crippen LogP contribution >= 0.6 is 0 Å². The summed E-state index contributed by atoms with van der Waals surface area (Å²) in [5, 5.41) is 17.9. The number of halogens is 2. The Bertz CT molecular complexity index is 2410. The van der Waals surface area contributed by atoms with Crippen LogP contribution in [0.25, 0.3) is 56.9 Å². The first kappa shape index (κ1) is 67.8. The van der Waals surface area contributed by atoms with E-state index in [4.69, 9.17) is 57.1 Å². The van der Waals surface area contributed by atoms with Crippen LogP contribution in [0.2, 0.25) is 0 Å². The van der Waals surface area contributed by atoms with Gasteiger partial charge in [0.25, 0.3) is 0 Å². The van der Waals surface area contributed by atoms with Crippen LogP contribution in [0.5, 0.6) is 0 Å². The third kappa shape index (κ3) is 32.9. The number of aliphatic carboxylic acids is 2. The molecule has 10 rings (SSSR count). The van der Waals surface area contributed by atoms with Crippen LogP contribution in [0.1, 0.15) is 0 Å². The van der Waals surface area contributed by atoms with Gasteiger partial charge in [-0.05, 0) is 121 Å². The molecule has 26 heteroatoms. The molecule has 0 aliphatic heterocycles. The van der Waals surface area contributed by atoms with Crippen molar-refractivity contribution >= 4 is 11.9 Å². The third-order valence-electron chi connectivity index (χ3n) is 8.13. The molecule has 0 N–H and O–H groups in total. The average Bonchev–Trinajstić information content (AvgIpc) is 3.45. The minimum atomic E-state index is -4.94. The maximum atomic E-state index is 8.93. The molecule has 10 heterocycles. The molecule has 0 amide bonds. The Kier molecular flexibility index (Phi) is 34.0. The summed E-state index contributed by atoms with van der Waals surface area (Å²) >= 11 is 0. The molecule has 398 valence electrons. The second kappa shape index (κ2) is 39.2. The van der Waals surface area contributed by atoms with Gasteiger partial charge in [0.05, 0.1) is 68.9 Å². The van der Waals surface area contributed by atoms with Gasteiger partial charge < -0.3 is 19.8 Å². The summed E-state index contributed by atoms with van der Waals surface area (Å²) in [6, 6.07) is 58.0. The van der Waals surface area contributed by atoms with E-state index < -0.39 is 32.4 Å². The molecule has 0 bridgehead atoms. The Hall–Kier alpha value is -8.26. The first-order chi connectivity index (χ1) is 36.5. The van der Waals surface area contributed by atoms with Gasteiger partial charge in [-0.1, -0.05) is 60.7 Å². The van der Waals surface area contributed by atoms with Gasteiger partial charge in [-0.25, -0.2) is 37.3 Å². The van der Waals surface area contributed by atoms with Crippen LogP contribution in [-0.2, 0) is 43.7 Å². The molecule has 0 aliphatic rings. The van der Waals surface area contributed by atoms with E-state index in [2.05, 4.69) is 49.8 Å². The zero-order valence-corrected chi connectivity index (χ0v) is 43.8. The molecule has 2 radical (unpaired) electrons. The fourth-order valence-corrected chi connectivity index (χ4v) is 5.14. The van der Waals surface area contributed by atoms with E-state index in [9.17, 15) is 0 Å². The number of hydrogen-bond donors (Lipinski definition) is 0. The van der Waals surface area contributed by atoms with Crippen LogP contribution < -0.4 is 47.5 Å². The second-order valence-corrected chi connectivity index (χ2v) is 15.0. The Morgan fingerprint density at radius 2 is 0.321 bits per heavy atom. The maximum Gasteiger partial charge on any atom is 2.00 e. The number of carbonyl (C=O) groups is 2. The Labute approximate surface area is 471 Å². The minimum absolute atomic E-state index is 0. The van der Waals surface area contributed by atoms with E-state index in [1.807, 2.05) is 182 Å². The molecule has 0 fully saturated rings. The predicted octanol–water partition coefficient (Wildman–Crippen LogP) is -2.31. The summed E-state index contributed by atoms with van der Waals surface area (Å²) in [6.07, 6.45) is 17.7. The Morgan fingerprint density at radius 1 is 0.231 bits per heavy atom. The van der Waals surface area contributed by atoms with E-state index in [0.717, 1.165) is 56.9 Å². The number of carboxylic acids is 2. The number of pyridine rings is 10. The van der Waals surface area contributed by atoms with Crippen molar-refractivity contribution in [1.82, 2.24) is 49.8 Å². The molecule has 0 saturated heterocycles. The van der Waals surface area contributed by atoms with Crippen molar-refractivity contribution in [2.24, 2.45) is 0 Å². The van der Waals surface area contributed by atoms with Gasteiger partial charge in [0.1, 0.15) is 0 Å². The van der Waals surface area contributed by atoms with E-state index in [1.165, 1.54) is 0 Å². The zero-order valence-electron chi connectivity index (χ0n) is 40.0. The van der Waals surface area contributed by atoms with Crippen molar-refractivity contribution in [2.75, 3.05) is 0 Å². The Balaban J connectivity index is 0.000000454. The van der Waals surface area contributed by atoms with Crippen molar-refractivity contribution in [3.05, 3.63) is 244 Å². The monoisotopic (exact) mass is 1180 g/mol. The number of carboxylic acid groups (broad SMARTS) is 2. The Morgan fingerprint density at radius 3 is 0.372 bits per heavy atom. The summed E-state index contributed by atoms with van der Waals surface area (Å²) in [5.41, 5.74) is 9.15. The number of carbonyl (C=O) groups excluding carboxylic acids is 2. The summed E-state index contributed by atoms with van der Waals surface area (Å²) in [7, 11) is -9.89. The number of aromatic nitrogens is 10. The van der Waals surface area contributed by atoms with Gasteiger partial charge in [-0.3, -0.25) is 49.8 Å². The van der Waals surface area contributed by atoms with Crippen LogP contribution in [0.3, 0.4) is 0 Å².